The molecule has 0 saturated carbocycles. The molecule has 6 heteroatoms. The second-order valence-corrected chi connectivity index (χ2v) is 8.67. The van der Waals surface area contributed by atoms with E-state index in [4.69, 9.17) is 13.9 Å². The summed E-state index contributed by atoms with van der Waals surface area (Å²) in [5, 5.41) is 0. The van der Waals surface area contributed by atoms with Crippen molar-refractivity contribution in [2.24, 2.45) is 0 Å². The fourth-order valence-electron chi connectivity index (χ4n) is 3.83. The van der Waals surface area contributed by atoms with Gasteiger partial charge in [-0.05, 0) is 73.7 Å². The van der Waals surface area contributed by atoms with Gasteiger partial charge in [0, 0.05) is 22.9 Å². The molecule has 31 heavy (non-hydrogen) atoms. The number of carbonyl (C=O) groups is 1. The van der Waals surface area contributed by atoms with Crippen LogP contribution < -0.4 is 4.74 Å². The number of nitrogens with zero attached hydrogens (tertiary/aromatic N) is 1. The molecule has 0 saturated heterocycles. The molecule has 1 aromatic heterocycles. The van der Waals surface area contributed by atoms with Gasteiger partial charge in [-0.1, -0.05) is 28.9 Å². The van der Waals surface area contributed by atoms with E-state index in [0.717, 1.165) is 52.1 Å². The first-order valence-corrected chi connectivity index (χ1v) is 11.5. The minimum atomic E-state index is -0.127. The summed E-state index contributed by atoms with van der Waals surface area (Å²) in [4.78, 5) is 16.5. The smallest absolute Gasteiger partial charge is 0.306 e. The van der Waals surface area contributed by atoms with Gasteiger partial charge in [0.15, 0.2) is 0 Å². The van der Waals surface area contributed by atoms with Gasteiger partial charge in [0.2, 0.25) is 5.89 Å². The molecule has 0 aliphatic heterocycles. The number of hydrogen-bond donors (Lipinski definition) is 0. The first kappa shape index (κ1) is 21.6. The first-order chi connectivity index (χ1) is 15.0. The summed E-state index contributed by atoms with van der Waals surface area (Å²) in [6.45, 7) is 4.43. The van der Waals surface area contributed by atoms with Gasteiger partial charge >= 0.3 is 5.97 Å². The van der Waals surface area contributed by atoms with Crippen molar-refractivity contribution in [2.45, 2.75) is 52.1 Å². The highest BCUT2D eigenvalue weighted by molar-refractivity contribution is 9.10. The number of aryl methyl sites for hydroxylation is 2. The number of benzene rings is 2. The van der Waals surface area contributed by atoms with E-state index >= 15 is 0 Å². The number of aromatic nitrogens is 1. The Morgan fingerprint density at radius 3 is 2.81 bits per heavy atom. The zero-order chi connectivity index (χ0) is 21.8. The predicted octanol–water partition coefficient (Wildman–Crippen LogP) is 6.36. The van der Waals surface area contributed by atoms with Gasteiger partial charge in [-0.25, -0.2) is 4.98 Å². The average Bonchev–Trinajstić information content (AvgIpc) is 3.32. The molecule has 0 unspecified atom stereocenters. The van der Waals surface area contributed by atoms with Crippen LogP contribution in [0.3, 0.4) is 0 Å². The second kappa shape index (κ2) is 9.69. The lowest BCUT2D eigenvalue weighted by Gasteiger charge is -2.14. The van der Waals surface area contributed by atoms with E-state index in [1.165, 1.54) is 5.56 Å². The number of fused-ring (bicyclic) bond motifs is 1. The highest BCUT2D eigenvalue weighted by Gasteiger charge is 2.26. The third kappa shape index (κ3) is 5.18. The van der Waals surface area contributed by atoms with Crippen LogP contribution in [0.25, 0.3) is 11.5 Å². The molecule has 1 heterocycles. The molecule has 5 nitrogen and oxygen atoms in total. The Morgan fingerprint density at radius 1 is 1.23 bits per heavy atom. The number of esters is 1. The fourth-order valence-corrected chi connectivity index (χ4v) is 4.09. The zero-order valence-corrected chi connectivity index (χ0v) is 19.4. The van der Waals surface area contributed by atoms with Crippen molar-refractivity contribution in [3.05, 3.63) is 69.5 Å². The van der Waals surface area contributed by atoms with Crippen molar-refractivity contribution in [1.29, 1.82) is 0 Å². The van der Waals surface area contributed by atoms with Crippen LogP contribution in [0, 0.1) is 6.92 Å². The summed E-state index contributed by atoms with van der Waals surface area (Å²) in [5.74, 6) is 2.15. The number of hydrogen-bond acceptors (Lipinski definition) is 5. The lowest BCUT2D eigenvalue weighted by molar-refractivity contribution is -0.149. The van der Waals surface area contributed by atoms with Gasteiger partial charge in [0.1, 0.15) is 17.6 Å². The number of rotatable bonds is 8. The summed E-state index contributed by atoms with van der Waals surface area (Å²) in [7, 11) is 0. The van der Waals surface area contributed by atoms with Gasteiger partial charge in [-0.3, -0.25) is 4.79 Å². The summed E-state index contributed by atoms with van der Waals surface area (Å²) >= 11 is 3.44. The van der Waals surface area contributed by atoms with Gasteiger partial charge in [-0.2, -0.15) is 0 Å². The summed E-state index contributed by atoms with van der Waals surface area (Å²) < 4.78 is 18.5. The molecule has 0 radical (unpaired) electrons. The summed E-state index contributed by atoms with van der Waals surface area (Å²) in [6.07, 6.45) is 3.55. The van der Waals surface area contributed by atoms with Crippen LogP contribution in [0.15, 0.2) is 51.4 Å². The van der Waals surface area contributed by atoms with Crippen LogP contribution in [0.2, 0.25) is 0 Å². The van der Waals surface area contributed by atoms with Crippen molar-refractivity contribution in [2.75, 3.05) is 6.61 Å². The van der Waals surface area contributed by atoms with E-state index in [-0.39, 0.29) is 12.1 Å². The number of oxazole rings is 1. The van der Waals surface area contributed by atoms with E-state index in [1.54, 1.807) is 0 Å². The Balaban J connectivity index is 1.34. The zero-order valence-electron chi connectivity index (χ0n) is 17.8. The third-order valence-electron chi connectivity index (χ3n) is 5.46. The maximum atomic E-state index is 11.8. The van der Waals surface area contributed by atoms with Gasteiger partial charge in [0.25, 0.3) is 0 Å². The molecule has 162 valence electrons. The van der Waals surface area contributed by atoms with Crippen molar-refractivity contribution < 1.29 is 18.7 Å². The van der Waals surface area contributed by atoms with Crippen LogP contribution in [-0.2, 0) is 22.4 Å². The van der Waals surface area contributed by atoms with Crippen LogP contribution in [0.4, 0.5) is 0 Å². The van der Waals surface area contributed by atoms with E-state index in [9.17, 15) is 4.79 Å². The average molecular weight is 484 g/mol. The Kier molecular flexibility index (Phi) is 6.76. The first-order valence-electron chi connectivity index (χ1n) is 10.7. The summed E-state index contributed by atoms with van der Waals surface area (Å²) in [5.41, 5.74) is 4.15. The maximum Gasteiger partial charge on any atom is 0.306 e. The highest BCUT2D eigenvalue weighted by atomic mass is 79.9. The standard InChI is InChI=1S/C25H26BrNO4/c1-3-4-24(28)31-23-12-7-18-15-20(10-11-21(18)23)29-14-13-22-16(2)30-25(27-22)17-5-8-19(26)9-6-17/h5-6,8-11,15,23H,3-4,7,12-14H2,1-2H3/t23-/m0/s1. The topological polar surface area (TPSA) is 61.6 Å². The predicted molar refractivity (Wildman–Crippen MR) is 122 cm³/mol. The molecule has 0 bridgehead atoms. The Morgan fingerprint density at radius 2 is 2.03 bits per heavy atom. The van der Waals surface area contributed by atoms with E-state index in [1.807, 2.05) is 50.2 Å². The highest BCUT2D eigenvalue weighted by Crippen LogP contribution is 2.36. The third-order valence-corrected chi connectivity index (χ3v) is 5.99. The van der Waals surface area contributed by atoms with Gasteiger partial charge < -0.3 is 13.9 Å². The summed E-state index contributed by atoms with van der Waals surface area (Å²) in [6, 6.07) is 13.9. The van der Waals surface area contributed by atoms with E-state index in [2.05, 4.69) is 27.0 Å². The normalized spacial score (nSPS) is 15.0. The largest absolute Gasteiger partial charge is 0.493 e. The molecular weight excluding hydrogens is 458 g/mol. The van der Waals surface area contributed by atoms with Gasteiger partial charge in [-0.15, -0.1) is 0 Å². The Hall–Kier alpha value is -2.60. The Bertz CT molecular complexity index is 1060. The van der Waals surface area contributed by atoms with E-state index in [0.29, 0.717) is 25.3 Å². The number of ether oxygens (including phenoxy) is 2. The van der Waals surface area contributed by atoms with Crippen LogP contribution in [0.1, 0.15) is 54.9 Å². The second-order valence-electron chi connectivity index (χ2n) is 7.76. The lowest BCUT2D eigenvalue weighted by Crippen LogP contribution is -2.08. The quantitative estimate of drug-likeness (QED) is 0.348. The molecule has 1 aliphatic rings. The molecule has 0 amide bonds. The number of carbonyl (C=O) groups excluding carboxylic acids is 1. The molecule has 3 aromatic rings. The molecule has 2 aromatic carbocycles. The van der Waals surface area contributed by atoms with Crippen LogP contribution in [0.5, 0.6) is 5.75 Å². The molecular formula is C25H26BrNO4. The van der Waals surface area contributed by atoms with Crippen molar-refractivity contribution in [1.82, 2.24) is 4.98 Å². The van der Waals surface area contributed by atoms with Crippen LogP contribution in [-0.4, -0.2) is 17.6 Å². The molecule has 1 atom stereocenters. The Labute approximate surface area is 190 Å². The van der Waals surface area contributed by atoms with Crippen molar-refractivity contribution in [3.8, 4) is 17.2 Å². The van der Waals surface area contributed by atoms with Crippen LogP contribution >= 0.6 is 15.9 Å². The SMILES string of the molecule is CCCC(=O)O[C@H]1CCc2cc(OCCc3nc(-c4ccc(Br)cc4)oc3C)ccc21. The van der Waals surface area contributed by atoms with E-state index < -0.39 is 0 Å². The van der Waals surface area contributed by atoms with Crippen molar-refractivity contribution >= 4 is 21.9 Å². The molecule has 0 fully saturated rings. The monoisotopic (exact) mass is 483 g/mol. The van der Waals surface area contributed by atoms with Crippen molar-refractivity contribution in [3.63, 3.8) is 0 Å². The minimum absolute atomic E-state index is 0.119. The lowest BCUT2D eigenvalue weighted by atomic mass is 10.1. The molecule has 1 aliphatic carbocycles. The number of halogens is 1. The van der Waals surface area contributed by atoms with Gasteiger partial charge in [0.05, 0.1) is 12.3 Å². The molecule has 0 N–H and O–H groups in total. The molecule has 4 rings (SSSR count). The fraction of sp³-hybridized carbons (Fsp3) is 0.360. The molecule has 0 spiro atoms. The minimum Gasteiger partial charge on any atom is -0.493 e. The maximum absolute atomic E-state index is 11.8.